The van der Waals surface area contributed by atoms with E-state index in [1.807, 2.05) is 0 Å². The van der Waals surface area contributed by atoms with Crippen LogP contribution in [0.5, 0.6) is 0 Å². The van der Waals surface area contributed by atoms with Crippen molar-refractivity contribution in [2.45, 2.75) is 18.9 Å². The summed E-state index contributed by atoms with van der Waals surface area (Å²) < 4.78 is 10.6. The zero-order chi connectivity index (χ0) is 13.0. The largest absolute Gasteiger partial charge is 0.500 e. The van der Waals surface area contributed by atoms with Crippen LogP contribution in [0.25, 0.3) is 0 Å². The first kappa shape index (κ1) is 13.4. The van der Waals surface area contributed by atoms with Gasteiger partial charge in [-0.25, -0.2) is 0 Å². The van der Waals surface area contributed by atoms with Gasteiger partial charge in [-0.3, -0.25) is 0 Å². The molecule has 0 amide bonds. The molecule has 2 heterocycles. The van der Waals surface area contributed by atoms with Gasteiger partial charge >= 0.3 is 0 Å². The molecule has 1 N–H and O–H groups in total. The highest BCUT2D eigenvalue weighted by Crippen LogP contribution is 2.26. The van der Waals surface area contributed by atoms with E-state index in [9.17, 15) is 0 Å². The van der Waals surface area contributed by atoms with Crippen molar-refractivity contribution in [1.29, 1.82) is 0 Å². The summed E-state index contributed by atoms with van der Waals surface area (Å²) in [5, 5.41) is 3.50. The summed E-state index contributed by atoms with van der Waals surface area (Å²) in [5.41, 5.74) is 1.26. The number of morpholine rings is 1. The molecule has 102 valence electrons. The molecule has 0 bridgehead atoms. The SMILES string of the molecule is C=C(OC)C1CCC(C(=C)N2CCOCC2)CN1. The van der Waals surface area contributed by atoms with E-state index in [1.54, 1.807) is 7.11 Å². The van der Waals surface area contributed by atoms with Gasteiger partial charge in [-0.15, -0.1) is 0 Å². The fourth-order valence-corrected chi connectivity index (χ4v) is 2.67. The first-order chi connectivity index (χ1) is 8.72. The molecular weight excluding hydrogens is 228 g/mol. The Morgan fingerprint density at radius 2 is 2.00 bits per heavy atom. The summed E-state index contributed by atoms with van der Waals surface area (Å²) in [6.45, 7) is 12.7. The number of piperidine rings is 1. The standard InChI is InChI=1S/C14H24N2O2/c1-11(16-6-8-18-9-7-16)13-4-5-14(15-10-13)12(2)17-3/h13-15H,1-2,4-10H2,3H3. The van der Waals surface area contributed by atoms with Crippen LogP contribution in [-0.4, -0.2) is 50.9 Å². The van der Waals surface area contributed by atoms with Gasteiger partial charge in [-0.1, -0.05) is 13.2 Å². The highest BCUT2D eigenvalue weighted by Gasteiger charge is 2.27. The first-order valence-corrected chi connectivity index (χ1v) is 6.70. The second-order valence-corrected chi connectivity index (χ2v) is 5.00. The predicted octanol–water partition coefficient (Wildman–Crippen LogP) is 1.36. The van der Waals surface area contributed by atoms with E-state index >= 15 is 0 Å². The van der Waals surface area contributed by atoms with Gasteiger partial charge in [0.15, 0.2) is 0 Å². The van der Waals surface area contributed by atoms with Crippen molar-refractivity contribution in [3.63, 3.8) is 0 Å². The summed E-state index contributed by atoms with van der Waals surface area (Å²) in [7, 11) is 1.68. The summed E-state index contributed by atoms with van der Waals surface area (Å²) in [4.78, 5) is 2.36. The molecule has 2 aliphatic rings. The third-order valence-corrected chi connectivity index (χ3v) is 3.95. The Bertz CT molecular complexity index is 303. The maximum Gasteiger partial charge on any atom is 0.105 e. The zero-order valence-electron chi connectivity index (χ0n) is 11.3. The topological polar surface area (TPSA) is 33.7 Å². The number of rotatable bonds is 4. The zero-order valence-corrected chi connectivity index (χ0v) is 11.3. The number of nitrogens with zero attached hydrogens (tertiary/aromatic N) is 1. The summed E-state index contributed by atoms with van der Waals surface area (Å²) in [6, 6.07) is 0.295. The normalized spacial score (nSPS) is 28.8. The molecule has 0 aromatic carbocycles. The molecule has 2 atom stereocenters. The Hall–Kier alpha value is -1.00. The van der Waals surface area contributed by atoms with Gasteiger partial charge in [0, 0.05) is 31.2 Å². The van der Waals surface area contributed by atoms with Crippen LogP contribution >= 0.6 is 0 Å². The van der Waals surface area contributed by atoms with Gasteiger partial charge in [-0.2, -0.15) is 0 Å². The smallest absolute Gasteiger partial charge is 0.105 e. The third kappa shape index (κ3) is 3.06. The van der Waals surface area contributed by atoms with E-state index in [2.05, 4.69) is 23.4 Å². The van der Waals surface area contributed by atoms with E-state index in [0.717, 1.165) is 51.4 Å². The molecular formula is C14H24N2O2. The molecule has 2 unspecified atom stereocenters. The highest BCUT2D eigenvalue weighted by molar-refractivity contribution is 5.07. The summed E-state index contributed by atoms with van der Waals surface area (Å²) >= 11 is 0. The molecule has 0 saturated carbocycles. The molecule has 4 nitrogen and oxygen atoms in total. The second kappa shape index (κ2) is 6.25. The lowest BCUT2D eigenvalue weighted by molar-refractivity contribution is 0.0471. The average molecular weight is 252 g/mol. The predicted molar refractivity (Wildman–Crippen MR) is 72.2 cm³/mol. The van der Waals surface area contributed by atoms with Gasteiger partial charge in [-0.05, 0) is 12.8 Å². The molecule has 2 rings (SSSR count). The number of hydrogen-bond donors (Lipinski definition) is 1. The molecule has 0 aromatic heterocycles. The van der Waals surface area contributed by atoms with Crippen LogP contribution in [0.1, 0.15) is 12.8 Å². The van der Waals surface area contributed by atoms with Gasteiger partial charge in [0.05, 0.1) is 26.4 Å². The molecule has 2 fully saturated rings. The maximum absolute atomic E-state index is 5.37. The Morgan fingerprint density at radius 1 is 1.28 bits per heavy atom. The van der Waals surface area contributed by atoms with Crippen molar-refractivity contribution in [2.75, 3.05) is 40.0 Å². The minimum atomic E-state index is 0.295. The third-order valence-electron chi connectivity index (χ3n) is 3.95. The Morgan fingerprint density at radius 3 is 2.56 bits per heavy atom. The van der Waals surface area contributed by atoms with Crippen LogP contribution in [0.15, 0.2) is 24.6 Å². The quantitative estimate of drug-likeness (QED) is 0.766. The minimum Gasteiger partial charge on any atom is -0.500 e. The molecule has 2 saturated heterocycles. The van der Waals surface area contributed by atoms with Crippen LogP contribution in [0.3, 0.4) is 0 Å². The van der Waals surface area contributed by atoms with E-state index in [-0.39, 0.29) is 0 Å². The Balaban J connectivity index is 1.81. The fourth-order valence-electron chi connectivity index (χ4n) is 2.67. The van der Waals surface area contributed by atoms with Gasteiger partial charge in [0.25, 0.3) is 0 Å². The lowest BCUT2D eigenvalue weighted by Crippen LogP contribution is -2.45. The van der Waals surface area contributed by atoms with E-state index < -0.39 is 0 Å². The van der Waals surface area contributed by atoms with Crippen molar-refractivity contribution < 1.29 is 9.47 Å². The molecule has 0 spiro atoms. The fraction of sp³-hybridized carbons (Fsp3) is 0.714. The first-order valence-electron chi connectivity index (χ1n) is 6.70. The molecule has 4 heteroatoms. The Labute approximate surface area is 110 Å². The number of hydrogen-bond acceptors (Lipinski definition) is 4. The van der Waals surface area contributed by atoms with Gasteiger partial charge < -0.3 is 19.7 Å². The summed E-state index contributed by atoms with van der Waals surface area (Å²) in [5.74, 6) is 1.37. The Kier molecular flexibility index (Phi) is 4.66. The van der Waals surface area contributed by atoms with E-state index in [4.69, 9.17) is 9.47 Å². The second-order valence-electron chi connectivity index (χ2n) is 5.00. The van der Waals surface area contributed by atoms with Gasteiger partial charge in [0.1, 0.15) is 5.76 Å². The lowest BCUT2D eigenvalue weighted by atomic mass is 9.91. The number of nitrogens with one attached hydrogen (secondary N) is 1. The maximum atomic E-state index is 5.37. The van der Waals surface area contributed by atoms with Crippen molar-refractivity contribution in [3.05, 3.63) is 24.6 Å². The monoisotopic (exact) mass is 252 g/mol. The lowest BCUT2D eigenvalue weighted by Gasteiger charge is -2.38. The summed E-state index contributed by atoms with van der Waals surface area (Å²) in [6.07, 6.45) is 2.22. The van der Waals surface area contributed by atoms with Gasteiger partial charge in [0.2, 0.25) is 0 Å². The highest BCUT2D eigenvalue weighted by atomic mass is 16.5. The van der Waals surface area contributed by atoms with Crippen LogP contribution in [0.4, 0.5) is 0 Å². The van der Waals surface area contributed by atoms with Crippen LogP contribution < -0.4 is 5.32 Å². The number of methoxy groups -OCH3 is 1. The molecule has 0 radical (unpaired) electrons. The van der Waals surface area contributed by atoms with Crippen molar-refractivity contribution in [1.82, 2.24) is 10.2 Å². The van der Waals surface area contributed by atoms with Crippen molar-refractivity contribution in [2.24, 2.45) is 5.92 Å². The van der Waals surface area contributed by atoms with Crippen LogP contribution in [0.2, 0.25) is 0 Å². The minimum absolute atomic E-state index is 0.295. The van der Waals surface area contributed by atoms with Crippen LogP contribution in [-0.2, 0) is 9.47 Å². The van der Waals surface area contributed by atoms with Crippen molar-refractivity contribution in [3.8, 4) is 0 Å². The molecule has 2 aliphatic heterocycles. The number of ether oxygens (including phenoxy) is 2. The average Bonchev–Trinajstić information content (AvgIpc) is 2.47. The molecule has 0 aromatic rings. The van der Waals surface area contributed by atoms with E-state index in [0.29, 0.717) is 12.0 Å². The molecule has 0 aliphatic carbocycles. The molecule has 18 heavy (non-hydrogen) atoms. The van der Waals surface area contributed by atoms with E-state index in [1.165, 1.54) is 5.70 Å². The van der Waals surface area contributed by atoms with Crippen molar-refractivity contribution >= 4 is 0 Å². The van der Waals surface area contributed by atoms with Crippen LogP contribution in [0, 0.1) is 5.92 Å².